The number of carbonyl (C=O) groups is 1. The number of hydrogen-bond donors (Lipinski definition) is 1. The highest BCUT2D eigenvalue weighted by atomic mass is 16.5. The molecule has 16 heavy (non-hydrogen) atoms. The van der Waals surface area contributed by atoms with E-state index < -0.39 is 5.97 Å². The van der Waals surface area contributed by atoms with Gasteiger partial charge in [0.05, 0.1) is 12.2 Å². The molecule has 3 heteroatoms. The fraction of sp³-hybridized carbons (Fsp3) is 0.154. The first kappa shape index (κ1) is 12.0. The molecule has 0 fully saturated rings. The molecule has 84 valence electrons. The van der Waals surface area contributed by atoms with Gasteiger partial charge < -0.3 is 9.84 Å². The first-order valence-corrected chi connectivity index (χ1v) is 4.92. The topological polar surface area (TPSA) is 46.5 Å². The summed E-state index contributed by atoms with van der Waals surface area (Å²) in [5, 5.41) is 9.37. The molecule has 0 amide bonds. The maximum absolute atomic E-state index is 11.5. The van der Waals surface area contributed by atoms with E-state index in [1.807, 2.05) is 0 Å². The van der Waals surface area contributed by atoms with Crippen LogP contribution >= 0.6 is 0 Å². The molecule has 0 radical (unpaired) electrons. The Labute approximate surface area is 94.7 Å². The first-order valence-electron chi connectivity index (χ1n) is 4.92. The molecule has 1 N–H and O–H groups in total. The van der Waals surface area contributed by atoms with Crippen LogP contribution in [0.1, 0.15) is 18.1 Å². The normalized spacial score (nSPS) is 9.56. The van der Waals surface area contributed by atoms with Gasteiger partial charge in [-0.15, -0.1) is 0 Å². The van der Waals surface area contributed by atoms with Crippen molar-refractivity contribution in [2.45, 2.75) is 6.92 Å². The number of aromatic hydroxyl groups is 1. The minimum atomic E-state index is -0.490. The second-order valence-electron chi connectivity index (χ2n) is 3.17. The third kappa shape index (κ3) is 2.51. The van der Waals surface area contributed by atoms with Crippen molar-refractivity contribution in [2.75, 3.05) is 6.61 Å². The standard InChI is InChI=1S/C13H14O3/c1-4-10-6-7-11(14)8-12(10)9(3)13(15)16-5-2/h4,6-8,14H,1,3,5H2,2H3. The lowest BCUT2D eigenvalue weighted by Gasteiger charge is -2.09. The molecule has 0 aliphatic rings. The van der Waals surface area contributed by atoms with Crippen LogP contribution in [-0.2, 0) is 9.53 Å². The average molecular weight is 218 g/mol. The Kier molecular flexibility index (Phi) is 3.89. The number of rotatable bonds is 4. The molecule has 3 nitrogen and oxygen atoms in total. The molecule has 1 aromatic carbocycles. The molecule has 0 unspecified atom stereocenters. The van der Waals surface area contributed by atoms with Gasteiger partial charge >= 0.3 is 5.97 Å². The highest BCUT2D eigenvalue weighted by molar-refractivity contribution is 6.16. The quantitative estimate of drug-likeness (QED) is 0.624. The van der Waals surface area contributed by atoms with Gasteiger partial charge in [-0.2, -0.15) is 0 Å². The third-order valence-corrected chi connectivity index (χ3v) is 2.10. The van der Waals surface area contributed by atoms with Crippen LogP contribution in [0.4, 0.5) is 0 Å². The Balaban J connectivity index is 3.11. The highest BCUT2D eigenvalue weighted by Crippen LogP contribution is 2.24. The summed E-state index contributed by atoms with van der Waals surface area (Å²) in [6.45, 7) is 9.31. The molecule has 1 aromatic rings. The van der Waals surface area contributed by atoms with E-state index in [9.17, 15) is 9.90 Å². The van der Waals surface area contributed by atoms with Crippen LogP contribution in [0.5, 0.6) is 5.75 Å². The molecule has 0 spiro atoms. The summed E-state index contributed by atoms with van der Waals surface area (Å²) >= 11 is 0. The Morgan fingerprint density at radius 3 is 2.81 bits per heavy atom. The van der Waals surface area contributed by atoms with Gasteiger partial charge in [-0.3, -0.25) is 0 Å². The summed E-state index contributed by atoms with van der Waals surface area (Å²) in [6.07, 6.45) is 1.60. The van der Waals surface area contributed by atoms with Crippen molar-refractivity contribution in [3.8, 4) is 5.75 Å². The predicted octanol–water partition coefficient (Wildman–Crippen LogP) is 2.61. The first-order chi connectivity index (χ1) is 7.60. The maximum Gasteiger partial charge on any atom is 0.338 e. The van der Waals surface area contributed by atoms with E-state index >= 15 is 0 Å². The smallest absolute Gasteiger partial charge is 0.338 e. The number of hydrogen-bond acceptors (Lipinski definition) is 3. The second-order valence-corrected chi connectivity index (χ2v) is 3.17. The minimum Gasteiger partial charge on any atom is -0.508 e. The Morgan fingerprint density at radius 1 is 1.56 bits per heavy atom. The average Bonchev–Trinajstić information content (AvgIpc) is 2.28. The fourth-order valence-electron chi connectivity index (χ4n) is 1.31. The summed E-state index contributed by atoms with van der Waals surface area (Å²) in [6, 6.07) is 4.66. The molecule has 1 rings (SSSR count). The third-order valence-electron chi connectivity index (χ3n) is 2.10. The van der Waals surface area contributed by atoms with Crippen molar-refractivity contribution >= 4 is 17.6 Å². The predicted molar refractivity (Wildman–Crippen MR) is 63.9 cm³/mol. The van der Waals surface area contributed by atoms with E-state index in [2.05, 4.69) is 13.2 Å². The second kappa shape index (κ2) is 5.16. The van der Waals surface area contributed by atoms with E-state index in [1.54, 1.807) is 19.1 Å². The molecule has 0 saturated carbocycles. The zero-order valence-corrected chi connectivity index (χ0v) is 9.19. The number of phenols is 1. The number of esters is 1. The van der Waals surface area contributed by atoms with Crippen molar-refractivity contribution < 1.29 is 14.6 Å². The molecule has 0 saturated heterocycles. The van der Waals surface area contributed by atoms with Crippen LogP contribution in [0.25, 0.3) is 11.6 Å². The van der Waals surface area contributed by atoms with Crippen LogP contribution in [0.3, 0.4) is 0 Å². The van der Waals surface area contributed by atoms with Crippen molar-refractivity contribution in [2.24, 2.45) is 0 Å². The van der Waals surface area contributed by atoms with Gasteiger partial charge in [0.2, 0.25) is 0 Å². The van der Waals surface area contributed by atoms with Crippen LogP contribution in [0.2, 0.25) is 0 Å². The summed E-state index contributed by atoms with van der Waals surface area (Å²) in [5.74, 6) is -0.415. The van der Waals surface area contributed by atoms with Gasteiger partial charge in [-0.1, -0.05) is 25.3 Å². The van der Waals surface area contributed by atoms with Crippen molar-refractivity contribution in [3.63, 3.8) is 0 Å². The monoisotopic (exact) mass is 218 g/mol. The fourth-order valence-corrected chi connectivity index (χ4v) is 1.31. The van der Waals surface area contributed by atoms with E-state index in [0.717, 1.165) is 5.56 Å². The lowest BCUT2D eigenvalue weighted by atomic mass is 10.0. The lowest BCUT2D eigenvalue weighted by Crippen LogP contribution is -2.06. The summed E-state index contributed by atoms with van der Waals surface area (Å²) in [5.41, 5.74) is 1.48. The molecular weight excluding hydrogens is 204 g/mol. The Hall–Kier alpha value is -2.03. The van der Waals surface area contributed by atoms with E-state index in [4.69, 9.17) is 4.74 Å². The van der Waals surface area contributed by atoms with Crippen LogP contribution < -0.4 is 0 Å². The van der Waals surface area contributed by atoms with E-state index in [0.29, 0.717) is 12.2 Å². The molecule has 0 aromatic heterocycles. The van der Waals surface area contributed by atoms with Gasteiger partial charge in [-0.05, 0) is 30.2 Å². The van der Waals surface area contributed by atoms with Crippen molar-refractivity contribution in [1.29, 1.82) is 0 Å². The SMILES string of the molecule is C=Cc1ccc(O)cc1C(=C)C(=O)OCC. The highest BCUT2D eigenvalue weighted by Gasteiger charge is 2.13. The molecule has 0 aliphatic heterocycles. The summed E-state index contributed by atoms with van der Waals surface area (Å²) in [7, 11) is 0. The minimum absolute atomic E-state index is 0.0750. The zero-order valence-electron chi connectivity index (χ0n) is 9.19. The molecule has 0 aliphatic carbocycles. The summed E-state index contributed by atoms with van der Waals surface area (Å²) < 4.78 is 4.84. The van der Waals surface area contributed by atoms with Crippen molar-refractivity contribution in [1.82, 2.24) is 0 Å². The molecule has 0 atom stereocenters. The Morgan fingerprint density at radius 2 is 2.25 bits per heavy atom. The number of carbonyl (C=O) groups excluding carboxylic acids is 1. The lowest BCUT2D eigenvalue weighted by molar-refractivity contribution is -0.136. The van der Waals surface area contributed by atoms with Gasteiger partial charge in [0.1, 0.15) is 5.75 Å². The number of ether oxygens (including phenoxy) is 1. The van der Waals surface area contributed by atoms with E-state index in [1.165, 1.54) is 12.1 Å². The zero-order chi connectivity index (χ0) is 12.1. The number of phenolic OH excluding ortho intramolecular Hbond substituents is 1. The van der Waals surface area contributed by atoms with Crippen LogP contribution in [0, 0.1) is 0 Å². The Bertz CT molecular complexity index is 433. The number of benzene rings is 1. The van der Waals surface area contributed by atoms with Crippen molar-refractivity contribution in [3.05, 3.63) is 42.5 Å². The molecule has 0 bridgehead atoms. The van der Waals surface area contributed by atoms with Gasteiger partial charge in [0, 0.05) is 0 Å². The molecule has 0 heterocycles. The van der Waals surface area contributed by atoms with Crippen LogP contribution in [-0.4, -0.2) is 17.7 Å². The summed E-state index contributed by atoms with van der Waals surface area (Å²) in [4.78, 5) is 11.5. The van der Waals surface area contributed by atoms with E-state index in [-0.39, 0.29) is 11.3 Å². The molecular formula is C13H14O3. The van der Waals surface area contributed by atoms with Gasteiger partial charge in [0.25, 0.3) is 0 Å². The maximum atomic E-state index is 11.5. The van der Waals surface area contributed by atoms with Crippen LogP contribution in [0.15, 0.2) is 31.4 Å². The van der Waals surface area contributed by atoms with Gasteiger partial charge in [-0.25, -0.2) is 4.79 Å². The largest absolute Gasteiger partial charge is 0.508 e. The van der Waals surface area contributed by atoms with Gasteiger partial charge in [0.15, 0.2) is 0 Å².